The zero-order valence-corrected chi connectivity index (χ0v) is 17.4. The maximum atomic E-state index is 12.7. The largest absolute Gasteiger partial charge is 0.497 e. The topological polar surface area (TPSA) is 105 Å². The molecule has 1 heterocycles. The van der Waals surface area contributed by atoms with Crippen LogP contribution in [0.4, 0.5) is 4.79 Å². The average molecular weight is 413 g/mol. The molecule has 2 rings (SSSR count). The molecule has 1 fully saturated rings. The third-order valence-corrected chi connectivity index (χ3v) is 5.98. The van der Waals surface area contributed by atoms with Gasteiger partial charge in [0.25, 0.3) is 0 Å². The molecule has 0 bridgehead atoms. The standard InChI is InChI=1S/C18H27N3O6S/c1-18(2,3)27-17(23)19-13-16(22)20-9-11-21(12-10-20)28(24,25)15-7-5-14(26-4)6-8-15/h5-8H,9-13H2,1-4H3,(H,19,23). The lowest BCUT2D eigenvalue weighted by Crippen LogP contribution is -2.52. The van der Waals surface area contributed by atoms with E-state index in [2.05, 4.69) is 5.32 Å². The maximum absolute atomic E-state index is 12.7. The highest BCUT2D eigenvalue weighted by Gasteiger charge is 2.30. The molecule has 1 aromatic rings. The molecule has 1 saturated heterocycles. The van der Waals surface area contributed by atoms with Crippen LogP contribution in [0.3, 0.4) is 0 Å². The minimum Gasteiger partial charge on any atom is -0.497 e. The Kier molecular flexibility index (Phi) is 6.89. The number of carbonyl (C=O) groups is 2. The van der Waals surface area contributed by atoms with Gasteiger partial charge in [-0.2, -0.15) is 4.31 Å². The second-order valence-corrected chi connectivity index (χ2v) is 9.25. The summed E-state index contributed by atoms with van der Waals surface area (Å²) in [6.07, 6.45) is -0.665. The molecule has 9 nitrogen and oxygen atoms in total. The Morgan fingerprint density at radius 1 is 1.07 bits per heavy atom. The molecule has 1 aromatic carbocycles. The number of amides is 2. The van der Waals surface area contributed by atoms with Crippen molar-refractivity contribution in [2.75, 3.05) is 39.8 Å². The van der Waals surface area contributed by atoms with Gasteiger partial charge in [0.05, 0.1) is 12.0 Å². The van der Waals surface area contributed by atoms with E-state index in [1.165, 1.54) is 28.4 Å². The predicted octanol–water partition coefficient (Wildman–Crippen LogP) is 1.05. The van der Waals surface area contributed by atoms with Gasteiger partial charge in [0.15, 0.2) is 0 Å². The van der Waals surface area contributed by atoms with Crippen LogP contribution >= 0.6 is 0 Å². The SMILES string of the molecule is COc1ccc(S(=O)(=O)N2CCN(C(=O)CNC(=O)OC(C)(C)C)CC2)cc1. The number of alkyl carbamates (subject to hydrolysis) is 1. The molecule has 0 aliphatic carbocycles. The number of methoxy groups -OCH3 is 1. The van der Waals surface area contributed by atoms with E-state index in [9.17, 15) is 18.0 Å². The third-order valence-electron chi connectivity index (χ3n) is 4.07. The Morgan fingerprint density at radius 3 is 2.14 bits per heavy atom. The van der Waals surface area contributed by atoms with Crippen LogP contribution in [0.25, 0.3) is 0 Å². The van der Waals surface area contributed by atoms with Crippen molar-refractivity contribution in [3.8, 4) is 5.75 Å². The maximum Gasteiger partial charge on any atom is 0.408 e. The summed E-state index contributed by atoms with van der Waals surface area (Å²) in [6, 6.07) is 6.18. The van der Waals surface area contributed by atoms with Gasteiger partial charge in [-0.3, -0.25) is 4.79 Å². The van der Waals surface area contributed by atoms with E-state index in [4.69, 9.17) is 9.47 Å². The molecule has 1 aliphatic rings. The first-order chi connectivity index (χ1) is 13.0. The number of carbonyl (C=O) groups excluding carboxylic acids is 2. The quantitative estimate of drug-likeness (QED) is 0.774. The summed E-state index contributed by atoms with van der Waals surface area (Å²) in [5.74, 6) is 0.291. The number of rotatable bonds is 5. The van der Waals surface area contributed by atoms with Crippen LogP contribution in [-0.2, 0) is 19.6 Å². The summed E-state index contributed by atoms with van der Waals surface area (Å²) < 4.78 is 36.9. The fourth-order valence-electron chi connectivity index (χ4n) is 2.65. The molecule has 156 valence electrons. The Labute approximate surface area is 165 Å². The van der Waals surface area contributed by atoms with E-state index in [1.807, 2.05) is 0 Å². The number of benzene rings is 1. The predicted molar refractivity (Wildman–Crippen MR) is 103 cm³/mol. The summed E-state index contributed by atoms with van der Waals surface area (Å²) in [5, 5.41) is 2.42. The van der Waals surface area contributed by atoms with Gasteiger partial charge in [-0.1, -0.05) is 0 Å². The number of nitrogens with zero attached hydrogens (tertiary/aromatic N) is 2. The molecule has 10 heteroatoms. The van der Waals surface area contributed by atoms with Gasteiger partial charge in [0, 0.05) is 26.2 Å². The van der Waals surface area contributed by atoms with Crippen LogP contribution < -0.4 is 10.1 Å². The number of hydrogen-bond acceptors (Lipinski definition) is 6. The molecule has 0 atom stereocenters. The van der Waals surface area contributed by atoms with Crippen molar-refractivity contribution >= 4 is 22.0 Å². The lowest BCUT2D eigenvalue weighted by molar-refractivity contribution is -0.131. The minimum atomic E-state index is -3.63. The van der Waals surface area contributed by atoms with Crippen molar-refractivity contribution in [2.24, 2.45) is 0 Å². The van der Waals surface area contributed by atoms with E-state index < -0.39 is 21.7 Å². The molecule has 0 saturated carbocycles. The average Bonchev–Trinajstić information content (AvgIpc) is 2.65. The molecule has 1 aliphatic heterocycles. The Balaban J connectivity index is 1.87. The van der Waals surface area contributed by atoms with Gasteiger partial charge in [0.2, 0.25) is 15.9 Å². The number of ether oxygens (including phenoxy) is 2. The molecule has 28 heavy (non-hydrogen) atoms. The zero-order valence-electron chi connectivity index (χ0n) is 16.6. The molecule has 0 spiro atoms. The second-order valence-electron chi connectivity index (χ2n) is 7.32. The van der Waals surface area contributed by atoms with E-state index in [-0.39, 0.29) is 43.5 Å². The first-order valence-electron chi connectivity index (χ1n) is 8.92. The number of sulfonamides is 1. The van der Waals surface area contributed by atoms with E-state index in [1.54, 1.807) is 32.9 Å². The van der Waals surface area contributed by atoms with Crippen molar-refractivity contribution in [1.82, 2.24) is 14.5 Å². The molecule has 0 aromatic heterocycles. The number of piperazine rings is 1. The molecule has 2 amide bonds. The first kappa shape index (κ1) is 22.0. The normalized spacial score (nSPS) is 15.8. The highest BCUT2D eigenvalue weighted by molar-refractivity contribution is 7.89. The van der Waals surface area contributed by atoms with Crippen LogP contribution in [0.15, 0.2) is 29.2 Å². The summed E-state index contributed by atoms with van der Waals surface area (Å²) in [5.41, 5.74) is -0.644. The van der Waals surface area contributed by atoms with Crippen molar-refractivity contribution in [2.45, 2.75) is 31.3 Å². The number of nitrogens with one attached hydrogen (secondary N) is 1. The van der Waals surface area contributed by atoms with Gasteiger partial charge in [-0.25, -0.2) is 13.2 Å². The van der Waals surface area contributed by atoms with E-state index >= 15 is 0 Å². The van der Waals surface area contributed by atoms with Gasteiger partial charge in [-0.15, -0.1) is 0 Å². The summed E-state index contributed by atoms with van der Waals surface area (Å²) >= 11 is 0. The Morgan fingerprint density at radius 2 is 1.64 bits per heavy atom. The monoisotopic (exact) mass is 413 g/mol. The summed E-state index contributed by atoms with van der Waals surface area (Å²) in [6.45, 7) is 5.89. The molecule has 0 radical (unpaired) electrons. The summed E-state index contributed by atoms with van der Waals surface area (Å²) in [7, 11) is -2.12. The zero-order chi connectivity index (χ0) is 20.9. The molecule has 0 unspecified atom stereocenters. The Hall–Kier alpha value is -2.33. The van der Waals surface area contributed by atoms with Crippen molar-refractivity contribution < 1.29 is 27.5 Å². The van der Waals surface area contributed by atoms with E-state index in [0.29, 0.717) is 5.75 Å². The fraction of sp³-hybridized carbons (Fsp3) is 0.556. The molecular weight excluding hydrogens is 386 g/mol. The van der Waals surface area contributed by atoms with Gasteiger partial charge < -0.3 is 19.7 Å². The number of hydrogen-bond donors (Lipinski definition) is 1. The lowest BCUT2D eigenvalue weighted by atomic mass is 10.2. The highest BCUT2D eigenvalue weighted by atomic mass is 32.2. The van der Waals surface area contributed by atoms with Crippen molar-refractivity contribution in [1.29, 1.82) is 0 Å². The van der Waals surface area contributed by atoms with Crippen LogP contribution in [0.5, 0.6) is 5.75 Å². The second kappa shape index (κ2) is 8.78. The molecule has 1 N–H and O–H groups in total. The smallest absolute Gasteiger partial charge is 0.408 e. The van der Waals surface area contributed by atoms with Crippen molar-refractivity contribution in [3.63, 3.8) is 0 Å². The van der Waals surface area contributed by atoms with Crippen LogP contribution in [0.2, 0.25) is 0 Å². The highest BCUT2D eigenvalue weighted by Crippen LogP contribution is 2.20. The first-order valence-corrected chi connectivity index (χ1v) is 10.4. The van der Waals surface area contributed by atoms with Gasteiger partial charge in [0.1, 0.15) is 17.9 Å². The molecular formula is C18H27N3O6S. The van der Waals surface area contributed by atoms with Crippen LogP contribution in [0, 0.1) is 0 Å². The van der Waals surface area contributed by atoms with Gasteiger partial charge in [-0.05, 0) is 45.0 Å². The Bertz CT molecular complexity index is 794. The van der Waals surface area contributed by atoms with Crippen LogP contribution in [0.1, 0.15) is 20.8 Å². The van der Waals surface area contributed by atoms with Gasteiger partial charge >= 0.3 is 6.09 Å². The minimum absolute atomic E-state index is 0.180. The van der Waals surface area contributed by atoms with Crippen molar-refractivity contribution in [3.05, 3.63) is 24.3 Å². The van der Waals surface area contributed by atoms with Crippen LogP contribution in [-0.4, -0.2) is 75.1 Å². The van der Waals surface area contributed by atoms with E-state index in [0.717, 1.165) is 0 Å². The summed E-state index contributed by atoms with van der Waals surface area (Å²) in [4.78, 5) is 25.6. The fourth-order valence-corrected chi connectivity index (χ4v) is 4.07. The lowest BCUT2D eigenvalue weighted by Gasteiger charge is -2.34. The third kappa shape index (κ3) is 5.83.